The van der Waals surface area contributed by atoms with E-state index < -0.39 is 30.6 Å². The number of alkyl halides is 3. The van der Waals surface area contributed by atoms with Crippen molar-refractivity contribution in [2.75, 3.05) is 19.8 Å². The predicted octanol–water partition coefficient (Wildman–Crippen LogP) is 7.99. The molecular weight excluding hydrogens is 573 g/mol. The van der Waals surface area contributed by atoms with Gasteiger partial charge in [-0.25, -0.2) is 4.99 Å². The van der Waals surface area contributed by atoms with Gasteiger partial charge in [0.15, 0.2) is 0 Å². The fraction of sp³-hybridized carbons (Fsp3) is 0.424. The minimum atomic E-state index is -4.85. The van der Waals surface area contributed by atoms with Crippen LogP contribution in [0.15, 0.2) is 95.0 Å². The Morgan fingerprint density at radius 3 is 2.14 bits per heavy atom. The van der Waals surface area contributed by atoms with Gasteiger partial charge in [0.1, 0.15) is 6.10 Å². The van der Waals surface area contributed by atoms with Crippen molar-refractivity contribution >= 4 is 11.6 Å². The highest BCUT2D eigenvalue weighted by molar-refractivity contribution is 5.84. The quantitative estimate of drug-likeness (QED) is 0.0489. The lowest BCUT2D eigenvalue weighted by Crippen LogP contribution is -2.54. The van der Waals surface area contributed by atoms with E-state index in [2.05, 4.69) is 15.0 Å². The zero-order valence-corrected chi connectivity index (χ0v) is 24.8. The molecule has 0 spiro atoms. The maximum absolute atomic E-state index is 14.1. The maximum atomic E-state index is 14.1. The van der Waals surface area contributed by atoms with Crippen LogP contribution in [0, 0.1) is 11.8 Å². The van der Waals surface area contributed by atoms with Crippen molar-refractivity contribution in [1.29, 1.82) is 0 Å². The van der Waals surface area contributed by atoms with Crippen LogP contribution in [0.4, 0.5) is 18.9 Å². The second-order valence-electron chi connectivity index (χ2n) is 10.7. The van der Waals surface area contributed by atoms with Crippen LogP contribution in [-0.2, 0) is 38.4 Å². The zero-order chi connectivity index (χ0) is 31.4. The number of hydrogen-bond donors (Lipinski definition) is 0. The highest BCUT2D eigenvalue weighted by Gasteiger charge is 2.48. The van der Waals surface area contributed by atoms with E-state index in [0.29, 0.717) is 26.0 Å². The summed E-state index contributed by atoms with van der Waals surface area (Å²) in [5, 5.41) is 3.56. The molecule has 1 aliphatic rings. The molecule has 44 heavy (non-hydrogen) atoms. The highest BCUT2D eigenvalue weighted by Crippen LogP contribution is 2.36. The Morgan fingerprint density at radius 2 is 1.50 bits per heavy atom. The Bertz CT molecular complexity index is 1370. The molecular formula is C33H37F3N4O4. The molecule has 234 valence electrons. The first-order valence-corrected chi connectivity index (χ1v) is 14.6. The summed E-state index contributed by atoms with van der Waals surface area (Å²) in [5.74, 6) is -1.70. The van der Waals surface area contributed by atoms with Gasteiger partial charge in [-0.15, -0.1) is 0 Å². The first kappa shape index (κ1) is 33.0. The van der Waals surface area contributed by atoms with Gasteiger partial charge < -0.3 is 18.9 Å². The maximum Gasteiger partial charge on any atom is 0.468 e. The summed E-state index contributed by atoms with van der Waals surface area (Å²) >= 11 is 0. The number of hydrogen-bond acceptors (Lipinski definition) is 6. The number of aliphatic imine (C=N–C) groups is 1. The fourth-order valence-corrected chi connectivity index (χ4v) is 4.91. The van der Waals surface area contributed by atoms with E-state index in [4.69, 9.17) is 24.5 Å². The van der Waals surface area contributed by atoms with E-state index in [1.54, 1.807) is 18.2 Å². The van der Waals surface area contributed by atoms with Crippen LogP contribution >= 0.6 is 0 Å². The highest BCUT2D eigenvalue weighted by atomic mass is 19.4. The van der Waals surface area contributed by atoms with Crippen LogP contribution in [0.2, 0.25) is 0 Å². The number of nitrogens with zero attached hydrogens (tertiary/aromatic N) is 4. The molecule has 0 aliphatic carbocycles. The van der Waals surface area contributed by atoms with Crippen LogP contribution in [-0.4, -0.2) is 50.3 Å². The molecule has 0 amide bonds. The van der Waals surface area contributed by atoms with E-state index in [9.17, 15) is 13.2 Å². The molecule has 8 nitrogen and oxygen atoms in total. The molecule has 3 aromatic rings. The third-order valence-corrected chi connectivity index (χ3v) is 7.66. The fourth-order valence-electron chi connectivity index (χ4n) is 4.91. The Kier molecular flexibility index (Phi) is 12.2. The second kappa shape index (κ2) is 16.3. The molecule has 0 bridgehead atoms. The number of benzene rings is 3. The minimum absolute atomic E-state index is 0.0913. The third-order valence-electron chi connectivity index (χ3n) is 7.66. The first-order chi connectivity index (χ1) is 21.2. The van der Waals surface area contributed by atoms with E-state index in [1.165, 1.54) is 12.1 Å². The summed E-state index contributed by atoms with van der Waals surface area (Å²) in [7, 11) is 0. The SMILES string of the molecule is C[C@@H]1C(COCCc2ccc(CCN=[N+]=[N-])cc2)OC(O/C(=N/c2ccccc2)C(F)(F)F)C(OCc2ccccc2)[C@H]1C. The number of para-hydroxylation sites is 1. The van der Waals surface area contributed by atoms with Crippen molar-refractivity contribution in [1.82, 2.24) is 0 Å². The molecule has 0 N–H and O–H groups in total. The summed E-state index contributed by atoms with van der Waals surface area (Å²) in [5.41, 5.74) is 11.6. The average Bonchev–Trinajstić information content (AvgIpc) is 3.02. The third kappa shape index (κ3) is 9.82. The van der Waals surface area contributed by atoms with Gasteiger partial charge in [-0.2, -0.15) is 13.2 Å². The molecule has 4 rings (SSSR count). The van der Waals surface area contributed by atoms with Gasteiger partial charge in [-0.05, 0) is 59.0 Å². The van der Waals surface area contributed by atoms with Gasteiger partial charge in [-0.3, -0.25) is 0 Å². The number of ether oxygens (including phenoxy) is 4. The lowest BCUT2D eigenvalue weighted by molar-refractivity contribution is -0.271. The molecule has 1 heterocycles. The second-order valence-corrected chi connectivity index (χ2v) is 10.7. The standard InChI is InChI=1S/C33H37F3N4O4/c1-23-24(2)30(42-21-27-9-5-3-6-10-27)31(44-32(33(34,35)36)39-28-11-7-4-8-12-28)43-29(23)22-41-20-18-26-15-13-25(14-16-26)17-19-38-40-37/h3-16,23-24,29-31H,17-22H2,1-2H3/b39-32+/t23-,24-,29?,30?,31?/m0/s1. The van der Waals surface area contributed by atoms with Gasteiger partial charge in [0, 0.05) is 11.5 Å². The average molecular weight is 611 g/mol. The Hall–Kier alpha value is -3.89. The minimum Gasteiger partial charge on any atom is -0.441 e. The van der Waals surface area contributed by atoms with Gasteiger partial charge >= 0.3 is 6.18 Å². The summed E-state index contributed by atoms with van der Waals surface area (Å²) in [6.45, 7) is 5.08. The Labute approximate surface area is 255 Å². The predicted molar refractivity (Wildman–Crippen MR) is 161 cm³/mol. The van der Waals surface area contributed by atoms with Gasteiger partial charge in [-0.1, -0.05) is 91.8 Å². The van der Waals surface area contributed by atoms with Crippen molar-refractivity contribution in [3.8, 4) is 0 Å². The normalized spacial score (nSPS) is 22.3. The molecule has 1 saturated heterocycles. The molecule has 1 fully saturated rings. The first-order valence-electron chi connectivity index (χ1n) is 14.6. The van der Waals surface area contributed by atoms with Crippen molar-refractivity contribution in [3.63, 3.8) is 0 Å². The van der Waals surface area contributed by atoms with Crippen LogP contribution in [0.5, 0.6) is 0 Å². The molecule has 0 aromatic heterocycles. The lowest BCUT2D eigenvalue weighted by atomic mass is 9.83. The largest absolute Gasteiger partial charge is 0.468 e. The van der Waals surface area contributed by atoms with Crippen molar-refractivity contribution in [2.45, 2.75) is 58.0 Å². The summed E-state index contributed by atoms with van der Waals surface area (Å²) in [6.07, 6.45) is -6.21. The van der Waals surface area contributed by atoms with Gasteiger partial charge in [0.05, 0.1) is 31.6 Å². The molecule has 5 atom stereocenters. The molecule has 11 heteroatoms. The van der Waals surface area contributed by atoms with Gasteiger partial charge in [0.25, 0.3) is 5.90 Å². The van der Waals surface area contributed by atoms with Crippen LogP contribution < -0.4 is 0 Å². The summed E-state index contributed by atoms with van der Waals surface area (Å²) in [6, 6.07) is 25.2. The zero-order valence-electron chi connectivity index (χ0n) is 24.8. The van der Waals surface area contributed by atoms with Crippen molar-refractivity contribution in [2.24, 2.45) is 21.9 Å². The topological polar surface area (TPSA) is 98.0 Å². The molecule has 3 aromatic carbocycles. The number of halogens is 3. The van der Waals surface area contributed by atoms with Gasteiger partial charge in [0.2, 0.25) is 6.29 Å². The lowest BCUT2D eigenvalue weighted by Gasteiger charge is -2.44. The Balaban J connectivity index is 1.43. The molecule has 0 saturated carbocycles. The number of azide groups is 1. The monoisotopic (exact) mass is 610 g/mol. The number of rotatable bonds is 13. The van der Waals surface area contributed by atoms with Crippen molar-refractivity contribution in [3.05, 3.63) is 112 Å². The van der Waals surface area contributed by atoms with Crippen LogP contribution in [0.1, 0.15) is 30.5 Å². The van der Waals surface area contributed by atoms with Crippen LogP contribution in [0.3, 0.4) is 0 Å². The van der Waals surface area contributed by atoms with E-state index in [-0.39, 0.29) is 30.7 Å². The van der Waals surface area contributed by atoms with E-state index >= 15 is 0 Å². The Morgan fingerprint density at radius 1 is 0.864 bits per heavy atom. The summed E-state index contributed by atoms with van der Waals surface area (Å²) in [4.78, 5) is 6.53. The molecule has 1 aliphatic heterocycles. The van der Waals surface area contributed by atoms with Crippen molar-refractivity contribution < 1.29 is 32.1 Å². The molecule has 0 radical (unpaired) electrons. The molecule has 3 unspecified atom stereocenters. The summed E-state index contributed by atoms with van der Waals surface area (Å²) < 4.78 is 66.2. The van der Waals surface area contributed by atoms with E-state index in [0.717, 1.165) is 16.7 Å². The van der Waals surface area contributed by atoms with E-state index in [1.807, 2.05) is 68.4 Å². The smallest absolute Gasteiger partial charge is 0.441 e. The van der Waals surface area contributed by atoms with Crippen LogP contribution in [0.25, 0.3) is 10.4 Å².